The molecule has 2 rings (SSSR count). The Labute approximate surface area is 109 Å². The van der Waals surface area contributed by atoms with Gasteiger partial charge in [-0.25, -0.2) is 10.8 Å². The number of hydrazine groups is 1. The van der Waals surface area contributed by atoms with E-state index >= 15 is 0 Å². The summed E-state index contributed by atoms with van der Waals surface area (Å²) in [5.41, 5.74) is 2.46. The largest absolute Gasteiger partial charge is 0.377 e. The monoisotopic (exact) mass is 301 g/mol. The molecule has 17 heavy (non-hydrogen) atoms. The number of anilines is 2. The van der Waals surface area contributed by atoms with Crippen LogP contribution in [0.2, 0.25) is 0 Å². The number of nitrogens with two attached hydrogens (primary N) is 1. The second kappa shape index (κ2) is 5.61. The summed E-state index contributed by atoms with van der Waals surface area (Å²) in [4.78, 5) is 10.6. The highest BCUT2D eigenvalue weighted by molar-refractivity contribution is 9.10. The van der Waals surface area contributed by atoms with Gasteiger partial charge in [0.05, 0.1) is 10.6 Å². The molecule has 0 amide bonds. The Morgan fingerprint density at radius 3 is 3.24 bits per heavy atom. The van der Waals surface area contributed by atoms with Gasteiger partial charge < -0.3 is 9.64 Å². The maximum absolute atomic E-state index is 5.61. The average molecular weight is 302 g/mol. The smallest absolute Gasteiger partial charge is 0.239 e. The van der Waals surface area contributed by atoms with Crippen molar-refractivity contribution >= 4 is 27.7 Å². The van der Waals surface area contributed by atoms with Crippen molar-refractivity contribution in [3.8, 4) is 0 Å². The van der Waals surface area contributed by atoms with Crippen LogP contribution in [0.25, 0.3) is 0 Å². The van der Waals surface area contributed by atoms with Crippen molar-refractivity contribution in [3.05, 3.63) is 10.7 Å². The van der Waals surface area contributed by atoms with Gasteiger partial charge in [-0.3, -0.25) is 5.43 Å². The van der Waals surface area contributed by atoms with E-state index in [1.54, 1.807) is 6.20 Å². The zero-order valence-electron chi connectivity index (χ0n) is 9.69. The normalized spacial score (nSPS) is 21.1. The lowest BCUT2D eigenvalue weighted by molar-refractivity contribution is 0.0820. The van der Waals surface area contributed by atoms with Crippen molar-refractivity contribution in [2.24, 2.45) is 5.84 Å². The third-order valence-electron chi connectivity index (χ3n) is 2.61. The molecule has 7 heteroatoms. The van der Waals surface area contributed by atoms with Crippen LogP contribution in [-0.2, 0) is 4.74 Å². The Bertz CT molecular complexity index is 389. The van der Waals surface area contributed by atoms with Crippen molar-refractivity contribution in [1.82, 2.24) is 9.97 Å². The molecule has 1 atom stereocenters. The SMILES string of the molecule is CC1CN(c2nc(NN)ncc2Br)CCCO1. The topological polar surface area (TPSA) is 76.3 Å². The fraction of sp³-hybridized carbons (Fsp3) is 0.600. The van der Waals surface area contributed by atoms with Crippen LogP contribution in [-0.4, -0.2) is 35.8 Å². The first kappa shape index (κ1) is 12.5. The van der Waals surface area contributed by atoms with Crippen LogP contribution < -0.4 is 16.2 Å². The summed E-state index contributed by atoms with van der Waals surface area (Å²) >= 11 is 3.46. The summed E-state index contributed by atoms with van der Waals surface area (Å²) in [7, 11) is 0. The van der Waals surface area contributed by atoms with Gasteiger partial charge in [0.15, 0.2) is 0 Å². The Kier molecular flexibility index (Phi) is 4.14. The highest BCUT2D eigenvalue weighted by Gasteiger charge is 2.19. The van der Waals surface area contributed by atoms with E-state index < -0.39 is 0 Å². The molecule has 0 radical (unpaired) electrons. The number of aromatic nitrogens is 2. The lowest BCUT2D eigenvalue weighted by Crippen LogP contribution is -2.31. The van der Waals surface area contributed by atoms with Gasteiger partial charge in [0.25, 0.3) is 0 Å². The summed E-state index contributed by atoms with van der Waals surface area (Å²) in [6.07, 6.45) is 2.90. The number of halogens is 1. The van der Waals surface area contributed by atoms with Crippen LogP contribution in [0.15, 0.2) is 10.7 Å². The van der Waals surface area contributed by atoms with Gasteiger partial charge in [-0.05, 0) is 29.3 Å². The van der Waals surface area contributed by atoms with Gasteiger partial charge in [-0.1, -0.05) is 0 Å². The number of hydrogen-bond acceptors (Lipinski definition) is 6. The molecule has 1 fully saturated rings. The maximum Gasteiger partial charge on any atom is 0.239 e. The summed E-state index contributed by atoms with van der Waals surface area (Å²) in [6.45, 7) is 4.60. The van der Waals surface area contributed by atoms with E-state index in [1.165, 1.54) is 0 Å². The molecule has 1 aromatic rings. The van der Waals surface area contributed by atoms with E-state index in [2.05, 4.69) is 43.1 Å². The molecule has 1 aromatic heterocycles. The number of ether oxygens (including phenoxy) is 1. The fourth-order valence-corrected chi connectivity index (χ4v) is 2.28. The molecule has 0 aliphatic carbocycles. The Hall–Kier alpha value is -0.920. The minimum absolute atomic E-state index is 0.202. The number of rotatable bonds is 2. The molecule has 94 valence electrons. The molecule has 0 saturated carbocycles. The van der Waals surface area contributed by atoms with E-state index in [0.29, 0.717) is 5.95 Å². The van der Waals surface area contributed by atoms with Gasteiger partial charge in [0.1, 0.15) is 5.82 Å². The molecule has 0 aromatic carbocycles. The summed E-state index contributed by atoms with van der Waals surface area (Å²) in [6, 6.07) is 0. The predicted octanol–water partition coefficient (Wildman–Crippen LogP) is 1.14. The standard InChI is InChI=1S/C10H16BrN5O/c1-7-6-16(3-2-4-17-7)9-8(11)5-13-10(14-9)15-12/h5,7H,2-4,6,12H2,1H3,(H,13,14,15). The Morgan fingerprint density at radius 1 is 1.65 bits per heavy atom. The molecule has 0 spiro atoms. The predicted molar refractivity (Wildman–Crippen MR) is 69.8 cm³/mol. The van der Waals surface area contributed by atoms with Crippen molar-refractivity contribution in [2.45, 2.75) is 19.4 Å². The van der Waals surface area contributed by atoms with Crippen LogP contribution in [0, 0.1) is 0 Å². The van der Waals surface area contributed by atoms with Crippen LogP contribution in [0.3, 0.4) is 0 Å². The van der Waals surface area contributed by atoms with E-state index in [4.69, 9.17) is 10.6 Å². The second-order valence-electron chi connectivity index (χ2n) is 3.99. The van der Waals surface area contributed by atoms with Crippen LogP contribution in [0.5, 0.6) is 0 Å². The Morgan fingerprint density at radius 2 is 2.47 bits per heavy atom. The number of nitrogens with one attached hydrogen (secondary N) is 1. The third-order valence-corrected chi connectivity index (χ3v) is 3.17. The quantitative estimate of drug-likeness (QED) is 0.630. The highest BCUT2D eigenvalue weighted by Crippen LogP contribution is 2.25. The number of nitrogen functional groups attached to an aromatic ring is 1. The molecular weight excluding hydrogens is 286 g/mol. The van der Waals surface area contributed by atoms with Crippen LogP contribution >= 0.6 is 15.9 Å². The van der Waals surface area contributed by atoms with Crippen molar-refractivity contribution in [1.29, 1.82) is 0 Å². The molecule has 1 aliphatic rings. The molecule has 3 N–H and O–H groups in total. The summed E-state index contributed by atoms with van der Waals surface area (Å²) in [5, 5.41) is 0. The number of hydrogen-bond donors (Lipinski definition) is 2. The van der Waals surface area contributed by atoms with E-state index in [0.717, 1.165) is 36.4 Å². The molecule has 0 bridgehead atoms. The van der Waals surface area contributed by atoms with Gasteiger partial charge in [0, 0.05) is 25.9 Å². The second-order valence-corrected chi connectivity index (χ2v) is 4.84. The first-order chi connectivity index (χ1) is 8.20. The van der Waals surface area contributed by atoms with Crippen LogP contribution in [0.1, 0.15) is 13.3 Å². The molecule has 1 saturated heterocycles. The van der Waals surface area contributed by atoms with Gasteiger partial charge >= 0.3 is 0 Å². The zero-order chi connectivity index (χ0) is 12.3. The van der Waals surface area contributed by atoms with E-state index in [1.807, 2.05) is 0 Å². The molecule has 1 unspecified atom stereocenters. The van der Waals surface area contributed by atoms with Gasteiger partial charge in [0.2, 0.25) is 5.95 Å². The summed E-state index contributed by atoms with van der Waals surface area (Å²) in [5.74, 6) is 6.59. The van der Waals surface area contributed by atoms with Crippen molar-refractivity contribution in [2.75, 3.05) is 30.0 Å². The molecule has 2 heterocycles. The Balaban J connectivity index is 2.24. The van der Waals surface area contributed by atoms with Crippen molar-refractivity contribution in [3.63, 3.8) is 0 Å². The van der Waals surface area contributed by atoms with Gasteiger partial charge in [-0.2, -0.15) is 4.98 Å². The minimum atomic E-state index is 0.202. The first-order valence-electron chi connectivity index (χ1n) is 5.56. The van der Waals surface area contributed by atoms with Crippen LogP contribution in [0.4, 0.5) is 11.8 Å². The third kappa shape index (κ3) is 3.05. The minimum Gasteiger partial charge on any atom is -0.377 e. The molecule has 1 aliphatic heterocycles. The van der Waals surface area contributed by atoms with Gasteiger partial charge in [-0.15, -0.1) is 0 Å². The zero-order valence-corrected chi connectivity index (χ0v) is 11.3. The fourth-order valence-electron chi connectivity index (χ4n) is 1.84. The first-order valence-corrected chi connectivity index (χ1v) is 6.35. The molecular formula is C10H16BrN5O. The maximum atomic E-state index is 5.61. The highest BCUT2D eigenvalue weighted by atomic mass is 79.9. The lowest BCUT2D eigenvalue weighted by atomic mass is 10.3. The van der Waals surface area contributed by atoms with E-state index in [9.17, 15) is 0 Å². The van der Waals surface area contributed by atoms with Crippen molar-refractivity contribution < 1.29 is 4.74 Å². The number of nitrogens with zero attached hydrogens (tertiary/aromatic N) is 3. The molecule has 6 nitrogen and oxygen atoms in total. The lowest BCUT2D eigenvalue weighted by Gasteiger charge is -2.24. The van der Waals surface area contributed by atoms with E-state index in [-0.39, 0.29) is 6.10 Å². The summed E-state index contributed by atoms with van der Waals surface area (Å²) < 4.78 is 6.48. The average Bonchev–Trinajstić information content (AvgIpc) is 2.54.